The van der Waals surface area contributed by atoms with Gasteiger partial charge in [0.1, 0.15) is 16.9 Å². The van der Waals surface area contributed by atoms with Crippen molar-refractivity contribution in [2.75, 3.05) is 7.11 Å². The molecule has 6 nitrogen and oxygen atoms in total. The van der Waals surface area contributed by atoms with E-state index in [1.165, 1.54) is 0 Å². The molecule has 1 aliphatic rings. The topological polar surface area (TPSA) is 85.8 Å². The number of hydrazine groups is 1. The molecule has 0 atom stereocenters. The number of hydrogen-bond acceptors (Lipinski definition) is 5. The number of furan rings is 1. The van der Waals surface area contributed by atoms with Crippen LogP contribution < -0.4 is 10.6 Å². The number of nitrogens with two attached hydrogens (primary N) is 1. The van der Waals surface area contributed by atoms with Crippen molar-refractivity contribution in [2.24, 2.45) is 5.84 Å². The molecule has 4 rings (SSSR count). The lowest BCUT2D eigenvalue weighted by atomic mass is 9.94. The Hall–Kier alpha value is -2.86. The van der Waals surface area contributed by atoms with Gasteiger partial charge in [0, 0.05) is 22.4 Å². The molecule has 6 heteroatoms. The molecule has 2 aromatic carbocycles. The minimum atomic E-state index is -0.495. The number of imide groups is 1. The molecule has 0 saturated carbocycles. The zero-order chi connectivity index (χ0) is 16.5. The van der Waals surface area contributed by atoms with Crippen LogP contribution in [0.2, 0.25) is 0 Å². The standard InChI is InChI=1S/C17H14N2O4/c1-7-12-10-5-4-9(22-3)6-11(10)23-15(12)8(2)14-13(7)16(20)19(18)17(14)21/h4-6H,18H2,1-3H3. The fourth-order valence-corrected chi connectivity index (χ4v) is 3.32. The normalized spacial score (nSPS) is 14.2. The van der Waals surface area contributed by atoms with Crippen molar-refractivity contribution in [3.8, 4) is 5.75 Å². The second-order valence-corrected chi connectivity index (χ2v) is 5.65. The van der Waals surface area contributed by atoms with Gasteiger partial charge < -0.3 is 9.15 Å². The molecule has 3 aromatic rings. The predicted molar refractivity (Wildman–Crippen MR) is 84.4 cm³/mol. The van der Waals surface area contributed by atoms with Crippen LogP contribution >= 0.6 is 0 Å². The predicted octanol–water partition coefficient (Wildman–Crippen LogP) is 2.68. The highest BCUT2D eigenvalue weighted by Crippen LogP contribution is 2.40. The van der Waals surface area contributed by atoms with Gasteiger partial charge in [-0.05, 0) is 31.5 Å². The van der Waals surface area contributed by atoms with E-state index in [1.54, 1.807) is 20.1 Å². The first-order chi connectivity index (χ1) is 11.0. The third-order valence-corrected chi connectivity index (χ3v) is 4.48. The molecule has 0 spiro atoms. The summed E-state index contributed by atoms with van der Waals surface area (Å²) in [6, 6.07) is 5.51. The Morgan fingerprint density at radius 1 is 1.09 bits per heavy atom. The maximum absolute atomic E-state index is 12.3. The number of carbonyl (C=O) groups is 2. The second-order valence-electron chi connectivity index (χ2n) is 5.65. The fourth-order valence-electron chi connectivity index (χ4n) is 3.32. The summed E-state index contributed by atoms with van der Waals surface area (Å²) in [5.74, 6) is 5.29. The molecule has 0 saturated heterocycles. The summed E-state index contributed by atoms with van der Waals surface area (Å²) in [6.45, 7) is 3.58. The van der Waals surface area contributed by atoms with Gasteiger partial charge in [-0.3, -0.25) is 9.59 Å². The van der Waals surface area contributed by atoms with E-state index < -0.39 is 11.8 Å². The van der Waals surface area contributed by atoms with E-state index in [9.17, 15) is 9.59 Å². The Kier molecular flexibility index (Phi) is 2.59. The Bertz CT molecular complexity index is 1030. The third kappa shape index (κ3) is 1.55. The zero-order valence-electron chi connectivity index (χ0n) is 12.9. The Balaban J connectivity index is 2.20. The van der Waals surface area contributed by atoms with Gasteiger partial charge in [0.15, 0.2) is 0 Å². The minimum absolute atomic E-state index is 0.327. The van der Waals surface area contributed by atoms with Crippen LogP contribution in [0.3, 0.4) is 0 Å². The van der Waals surface area contributed by atoms with Gasteiger partial charge in [-0.25, -0.2) is 10.9 Å². The number of ether oxygens (including phenoxy) is 1. The van der Waals surface area contributed by atoms with E-state index in [4.69, 9.17) is 15.0 Å². The van der Waals surface area contributed by atoms with Crippen LogP contribution in [0.5, 0.6) is 5.75 Å². The first-order valence-corrected chi connectivity index (χ1v) is 7.12. The maximum atomic E-state index is 12.3. The van der Waals surface area contributed by atoms with Crippen LogP contribution in [-0.2, 0) is 0 Å². The summed E-state index contributed by atoms with van der Waals surface area (Å²) < 4.78 is 11.2. The molecule has 0 unspecified atom stereocenters. The second kappa shape index (κ2) is 4.33. The lowest BCUT2D eigenvalue weighted by Crippen LogP contribution is -2.36. The molecule has 2 N–H and O–H groups in total. The van der Waals surface area contributed by atoms with Crippen molar-refractivity contribution in [3.05, 3.63) is 40.5 Å². The van der Waals surface area contributed by atoms with Gasteiger partial charge in [-0.1, -0.05) is 0 Å². The summed E-state index contributed by atoms with van der Waals surface area (Å²) >= 11 is 0. The number of benzene rings is 2. The summed E-state index contributed by atoms with van der Waals surface area (Å²) in [7, 11) is 1.59. The van der Waals surface area contributed by atoms with Crippen LogP contribution in [0.15, 0.2) is 22.6 Å². The Morgan fingerprint density at radius 2 is 1.74 bits per heavy atom. The molecule has 1 aromatic heterocycles. The molecule has 0 fully saturated rings. The first-order valence-electron chi connectivity index (χ1n) is 7.12. The van der Waals surface area contributed by atoms with E-state index in [-0.39, 0.29) is 0 Å². The van der Waals surface area contributed by atoms with Crippen LogP contribution in [0.25, 0.3) is 21.9 Å². The molecule has 1 aliphatic heterocycles. The number of rotatable bonds is 1. The minimum Gasteiger partial charge on any atom is -0.497 e. The molecular weight excluding hydrogens is 296 g/mol. The molecular formula is C17H14N2O4. The van der Waals surface area contributed by atoms with Crippen molar-refractivity contribution >= 4 is 33.8 Å². The van der Waals surface area contributed by atoms with Gasteiger partial charge in [0.05, 0.1) is 18.2 Å². The van der Waals surface area contributed by atoms with Gasteiger partial charge in [0.2, 0.25) is 0 Å². The van der Waals surface area contributed by atoms with Crippen LogP contribution in [0, 0.1) is 13.8 Å². The highest BCUT2D eigenvalue weighted by atomic mass is 16.5. The van der Waals surface area contributed by atoms with Crippen LogP contribution in [0.4, 0.5) is 0 Å². The fraction of sp³-hybridized carbons (Fsp3) is 0.176. The molecule has 2 amide bonds. The number of methoxy groups -OCH3 is 1. The van der Waals surface area contributed by atoms with Gasteiger partial charge in [-0.2, -0.15) is 0 Å². The average Bonchev–Trinajstić information content (AvgIpc) is 3.04. The lowest BCUT2D eigenvalue weighted by Gasteiger charge is -2.06. The van der Waals surface area contributed by atoms with Crippen LogP contribution in [0.1, 0.15) is 31.8 Å². The van der Waals surface area contributed by atoms with Crippen molar-refractivity contribution < 1.29 is 18.7 Å². The highest BCUT2D eigenvalue weighted by Gasteiger charge is 2.38. The molecule has 0 aliphatic carbocycles. The summed E-state index contributed by atoms with van der Waals surface area (Å²) in [6.07, 6.45) is 0. The van der Waals surface area contributed by atoms with E-state index in [0.717, 1.165) is 10.8 Å². The molecule has 116 valence electrons. The first kappa shape index (κ1) is 13.8. The monoisotopic (exact) mass is 310 g/mol. The Morgan fingerprint density at radius 3 is 2.39 bits per heavy atom. The molecule has 2 heterocycles. The molecule has 0 radical (unpaired) electrons. The third-order valence-electron chi connectivity index (χ3n) is 4.48. The number of hydrogen-bond donors (Lipinski definition) is 1. The van der Waals surface area contributed by atoms with E-state index in [0.29, 0.717) is 44.2 Å². The average molecular weight is 310 g/mol. The van der Waals surface area contributed by atoms with E-state index in [1.807, 2.05) is 19.1 Å². The van der Waals surface area contributed by atoms with Crippen molar-refractivity contribution in [1.82, 2.24) is 5.01 Å². The lowest BCUT2D eigenvalue weighted by molar-refractivity contribution is 0.0653. The number of nitrogens with zero attached hydrogens (tertiary/aromatic N) is 1. The SMILES string of the molecule is COc1ccc2c(c1)oc1c(C)c3c(c(C)c12)C(=O)N(N)C3=O. The Labute approximate surface area is 131 Å². The largest absolute Gasteiger partial charge is 0.497 e. The number of aryl methyl sites for hydroxylation is 2. The quantitative estimate of drug-likeness (QED) is 0.424. The summed E-state index contributed by atoms with van der Waals surface area (Å²) in [5.41, 5.74) is 3.27. The zero-order valence-corrected chi connectivity index (χ0v) is 12.9. The van der Waals surface area contributed by atoms with Crippen molar-refractivity contribution in [1.29, 1.82) is 0 Å². The summed E-state index contributed by atoms with van der Waals surface area (Å²) in [4.78, 5) is 24.6. The van der Waals surface area contributed by atoms with Gasteiger partial charge in [0.25, 0.3) is 11.8 Å². The highest BCUT2D eigenvalue weighted by molar-refractivity contribution is 6.26. The summed E-state index contributed by atoms with van der Waals surface area (Å²) in [5, 5.41) is 2.37. The van der Waals surface area contributed by atoms with Crippen molar-refractivity contribution in [3.63, 3.8) is 0 Å². The maximum Gasteiger partial charge on any atom is 0.276 e. The number of fused-ring (bicyclic) bond motifs is 4. The van der Waals surface area contributed by atoms with Gasteiger partial charge >= 0.3 is 0 Å². The van der Waals surface area contributed by atoms with Gasteiger partial charge in [-0.15, -0.1) is 0 Å². The van der Waals surface area contributed by atoms with E-state index in [2.05, 4.69) is 0 Å². The van der Waals surface area contributed by atoms with Crippen LogP contribution in [-0.4, -0.2) is 23.9 Å². The number of carbonyl (C=O) groups excluding carboxylic acids is 2. The molecule has 0 bridgehead atoms. The van der Waals surface area contributed by atoms with Crippen molar-refractivity contribution in [2.45, 2.75) is 13.8 Å². The van der Waals surface area contributed by atoms with E-state index >= 15 is 0 Å². The molecule has 23 heavy (non-hydrogen) atoms. The number of amides is 2. The smallest absolute Gasteiger partial charge is 0.276 e.